The van der Waals surface area contributed by atoms with Crippen LogP contribution in [-0.2, 0) is 0 Å². The van der Waals surface area contributed by atoms with E-state index in [2.05, 4.69) is 44.5 Å². The molecule has 1 aliphatic carbocycles. The molecule has 1 aliphatic heterocycles. The number of nitrogens with zero attached hydrogens (tertiary/aromatic N) is 5. The van der Waals surface area contributed by atoms with Crippen LogP contribution in [-0.4, -0.2) is 58.5 Å². The van der Waals surface area contributed by atoms with E-state index in [4.69, 9.17) is 31.0 Å². The number of aromatic nitrogens is 5. The van der Waals surface area contributed by atoms with Gasteiger partial charge >= 0.3 is 0 Å². The van der Waals surface area contributed by atoms with E-state index in [1.54, 1.807) is 20.4 Å². The average molecular weight is 548 g/mol. The van der Waals surface area contributed by atoms with E-state index in [0.29, 0.717) is 45.3 Å². The number of piperidine rings is 1. The van der Waals surface area contributed by atoms with Gasteiger partial charge in [0.2, 0.25) is 11.5 Å². The predicted molar refractivity (Wildman–Crippen MR) is 153 cm³/mol. The maximum Gasteiger partial charge on any atom is 0.232 e. The van der Waals surface area contributed by atoms with Crippen molar-refractivity contribution in [1.29, 1.82) is 0 Å². The maximum atomic E-state index is 6.50. The molecule has 4 heterocycles. The smallest absolute Gasteiger partial charge is 0.232 e. The molecule has 6 rings (SSSR count). The van der Waals surface area contributed by atoms with Gasteiger partial charge in [-0.3, -0.25) is 5.10 Å². The van der Waals surface area contributed by atoms with E-state index >= 15 is 0 Å². The molecule has 1 spiro atoms. The zero-order chi connectivity index (χ0) is 27.0. The zero-order valence-electron chi connectivity index (χ0n) is 22.6. The minimum Gasteiger partial charge on any atom is -0.497 e. The predicted octanol–water partition coefficient (Wildman–Crippen LogP) is 5.58. The van der Waals surface area contributed by atoms with Crippen molar-refractivity contribution < 1.29 is 9.47 Å². The van der Waals surface area contributed by atoms with E-state index in [9.17, 15) is 0 Å². The van der Waals surface area contributed by atoms with Gasteiger partial charge in [-0.25, -0.2) is 15.0 Å². The van der Waals surface area contributed by atoms with Gasteiger partial charge in [-0.05, 0) is 61.8 Å². The number of halogens is 1. The number of hydrogen-bond donors (Lipinski definition) is 2. The molecule has 1 aromatic carbocycles. The molecular weight excluding hydrogens is 514 g/mol. The van der Waals surface area contributed by atoms with Crippen molar-refractivity contribution in [2.45, 2.75) is 51.1 Å². The molecule has 3 aromatic heterocycles. The Hall–Kier alpha value is -3.43. The van der Waals surface area contributed by atoms with Crippen LogP contribution in [0.5, 0.6) is 11.6 Å². The number of aromatic amines is 1. The van der Waals surface area contributed by atoms with Gasteiger partial charge in [0, 0.05) is 36.9 Å². The molecule has 2 atom stereocenters. The minimum atomic E-state index is 0.296. The number of hydrogen-bond acceptors (Lipinski definition) is 8. The third-order valence-corrected chi connectivity index (χ3v) is 8.99. The topological polar surface area (TPSA) is 101 Å². The molecule has 0 unspecified atom stereocenters. The lowest BCUT2D eigenvalue weighted by Gasteiger charge is -2.44. The highest BCUT2D eigenvalue weighted by atomic mass is 35.5. The third-order valence-electron chi connectivity index (χ3n) is 8.63. The quantitative estimate of drug-likeness (QED) is 0.309. The van der Waals surface area contributed by atoms with Crippen LogP contribution >= 0.6 is 11.6 Å². The number of methoxy groups -OCH3 is 2. The van der Waals surface area contributed by atoms with Gasteiger partial charge < -0.3 is 19.7 Å². The first-order chi connectivity index (χ1) is 19.0. The van der Waals surface area contributed by atoms with Crippen LogP contribution in [0.3, 0.4) is 0 Å². The monoisotopic (exact) mass is 547 g/mol. The van der Waals surface area contributed by atoms with Crippen molar-refractivity contribution in [3.63, 3.8) is 0 Å². The van der Waals surface area contributed by atoms with Crippen molar-refractivity contribution in [3.8, 4) is 22.9 Å². The number of anilines is 1. The first-order valence-electron chi connectivity index (χ1n) is 13.6. The largest absolute Gasteiger partial charge is 0.497 e. The molecule has 2 aliphatic rings. The number of ether oxygens (including phenoxy) is 2. The van der Waals surface area contributed by atoms with Crippen molar-refractivity contribution in [2.75, 3.05) is 32.2 Å². The van der Waals surface area contributed by atoms with Crippen LogP contribution in [0.1, 0.15) is 50.6 Å². The summed E-state index contributed by atoms with van der Waals surface area (Å²) in [5, 5.41) is 11.9. The highest BCUT2D eigenvalue weighted by molar-refractivity contribution is 6.34. The second kappa shape index (κ2) is 10.6. The molecule has 0 bridgehead atoms. The summed E-state index contributed by atoms with van der Waals surface area (Å²) in [4.78, 5) is 16.1. The van der Waals surface area contributed by atoms with Gasteiger partial charge in [0.25, 0.3) is 0 Å². The van der Waals surface area contributed by atoms with Crippen LogP contribution in [0.15, 0.2) is 42.7 Å². The Morgan fingerprint density at radius 3 is 2.62 bits per heavy atom. The van der Waals surface area contributed by atoms with Gasteiger partial charge in [-0.2, -0.15) is 5.10 Å². The van der Waals surface area contributed by atoms with Crippen molar-refractivity contribution in [1.82, 2.24) is 30.5 Å². The molecule has 10 heteroatoms. The summed E-state index contributed by atoms with van der Waals surface area (Å²) >= 11 is 6.50. The number of rotatable bonds is 7. The van der Waals surface area contributed by atoms with Crippen LogP contribution < -0.4 is 19.7 Å². The van der Waals surface area contributed by atoms with Crippen molar-refractivity contribution in [3.05, 3.63) is 53.3 Å². The Bertz CT molecular complexity index is 1450. The Morgan fingerprint density at radius 1 is 1.08 bits per heavy atom. The minimum absolute atomic E-state index is 0.296. The number of H-pyrrole nitrogens is 1. The second-order valence-corrected chi connectivity index (χ2v) is 11.0. The first kappa shape index (κ1) is 25.8. The number of benzene rings is 1. The molecule has 4 aromatic rings. The standard InChI is InChI=1S/C29H34ClN7O2/c1-18(19-6-8-20(38-2)9-7-19)33-22-5-4-11-29(22)12-15-37(16-13-29)23-17-32-26-25(35-36-27(26)34-23)21-10-14-31-28(39-3)24(21)30/h6-10,14,17-18,22,33H,4-5,11-13,15-16H2,1-3H3,(H,34,35,36)/t18-,22-/m1/s1. The van der Waals surface area contributed by atoms with Crippen molar-refractivity contribution >= 4 is 28.6 Å². The van der Waals surface area contributed by atoms with E-state index in [1.165, 1.54) is 24.8 Å². The Kier molecular flexibility index (Phi) is 7.03. The van der Waals surface area contributed by atoms with Gasteiger partial charge in [0.1, 0.15) is 22.1 Å². The number of fused-ring (bicyclic) bond motifs is 1. The molecule has 204 valence electrons. The molecule has 1 saturated carbocycles. The molecule has 1 saturated heterocycles. The molecule has 9 nitrogen and oxygen atoms in total. The fraction of sp³-hybridized carbons (Fsp3) is 0.448. The summed E-state index contributed by atoms with van der Waals surface area (Å²) in [5.74, 6) is 2.12. The Labute approximate surface area is 233 Å². The molecule has 0 amide bonds. The van der Waals surface area contributed by atoms with Crippen molar-refractivity contribution in [2.24, 2.45) is 5.41 Å². The second-order valence-electron chi connectivity index (χ2n) is 10.6. The van der Waals surface area contributed by atoms with Gasteiger partial charge in [-0.1, -0.05) is 30.2 Å². The highest BCUT2D eigenvalue weighted by Crippen LogP contribution is 2.47. The van der Waals surface area contributed by atoms with Gasteiger partial charge in [-0.15, -0.1) is 0 Å². The first-order valence-corrected chi connectivity index (χ1v) is 13.9. The zero-order valence-corrected chi connectivity index (χ0v) is 23.3. The number of pyridine rings is 1. The van der Waals surface area contributed by atoms with Crippen LogP contribution in [0, 0.1) is 5.41 Å². The van der Waals surface area contributed by atoms with E-state index in [-0.39, 0.29) is 0 Å². The Balaban J connectivity index is 1.15. The van der Waals surface area contributed by atoms with Gasteiger partial charge in [0.05, 0.1) is 26.1 Å². The van der Waals surface area contributed by atoms with Gasteiger partial charge in [0.15, 0.2) is 0 Å². The molecule has 2 N–H and O–H groups in total. The summed E-state index contributed by atoms with van der Waals surface area (Å²) < 4.78 is 10.6. The lowest BCUT2D eigenvalue weighted by Crippen LogP contribution is -2.49. The summed E-state index contributed by atoms with van der Waals surface area (Å²) in [5.41, 5.74) is 4.31. The van der Waals surface area contributed by atoms with E-state index in [0.717, 1.165) is 43.1 Å². The highest BCUT2D eigenvalue weighted by Gasteiger charge is 2.45. The molecule has 2 fully saturated rings. The SMILES string of the molecule is COc1ccc([C@@H](C)N[C@@H]2CCCC23CCN(c2cnc4c(-c5ccnc(OC)c5Cl)[nH]nc4n2)CC3)cc1. The van der Waals surface area contributed by atoms with E-state index < -0.39 is 0 Å². The Morgan fingerprint density at radius 2 is 1.87 bits per heavy atom. The summed E-state index contributed by atoms with van der Waals surface area (Å²) in [7, 11) is 3.25. The normalized spacial score (nSPS) is 19.5. The van der Waals surface area contributed by atoms with Crippen LogP contribution in [0.25, 0.3) is 22.4 Å². The molecule has 0 radical (unpaired) electrons. The molecular formula is C29H34ClN7O2. The summed E-state index contributed by atoms with van der Waals surface area (Å²) in [6.07, 6.45) is 9.55. The summed E-state index contributed by atoms with van der Waals surface area (Å²) in [6, 6.07) is 11.0. The molecule has 39 heavy (non-hydrogen) atoms. The average Bonchev–Trinajstić information content (AvgIpc) is 3.57. The fourth-order valence-corrected chi connectivity index (χ4v) is 6.64. The van der Waals surface area contributed by atoms with Crippen LogP contribution in [0.2, 0.25) is 5.02 Å². The number of nitrogens with one attached hydrogen (secondary N) is 2. The van der Waals surface area contributed by atoms with Crippen LogP contribution in [0.4, 0.5) is 5.82 Å². The lowest BCUT2D eigenvalue weighted by molar-refractivity contribution is 0.163. The lowest BCUT2D eigenvalue weighted by atomic mass is 9.73. The fourth-order valence-electron chi connectivity index (χ4n) is 6.36. The maximum absolute atomic E-state index is 6.50. The third kappa shape index (κ3) is 4.78. The van der Waals surface area contributed by atoms with E-state index in [1.807, 2.05) is 24.4 Å². The summed E-state index contributed by atoms with van der Waals surface area (Å²) in [6.45, 7) is 4.18.